The molecule has 130 valence electrons. The Kier molecular flexibility index (Phi) is 5.33. The second-order valence-corrected chi connectivity index (χ2v) is 6.10. The SMILES string of the molecule is COC(=O)[C@H](Cc1ccccc1)NC(=O)N1CCCc2ccccc21. The molecule has 1 atom stereocenters. The number of para-hydroxylation sites is 1. The van der Waals surface area contributed by atoms with Gasteiger partial charge in [0.25, 0.3) is 0 Å². The molecule has 5 nitrogen and oxygen atoms in total. The fraction of sp³-hybridized carbons (Fsp3) is 0.300. The van der Waals surface area contributed by atoms with Crippen LogP contribution in [0.4, 0.5) is 10.5 Å². The summed E-state index contributed by atoms with van der Waals surface area (Å²) >= 11 is 0. The number of anilines is 1. The van der Waals surface area contributed by atoms with Gasteiger partial charge in [0.15, 0.2) is 0 Å². The standard InChI is InChI=1S/C20H22N2O3/c1-25-19(23)17(14-15-8-3-2-4-9-15)21-20(24)22-13-7-11-16-10-5-6-12-18(16)22/h2-6,8-10,12,17H,7,11,13-14H2,1H3,(H,21,24)/t17-/m0/s1. The zero-order valence-electron chi connectivity index (χ0n) is 14.3. The third-order valence-corrected chi connectivity index (χ3v) is 4.42. The van der Waals surface area contributed by atoms with Crippen molar-refractivity contribution < 1.29 is 14.3 Å². The summed E-state index contributed by atoms with van der Waals surface area (Å²) in [7, 11) is 1.34. The number of ether oxygens (including phenoxy) is 1. The molecule has 2 amide bonds. The molecule has 0 aliphatic carbocycles. The van der Waals surface area contributed by atoms with Gasteiger partial charge in [0.1, 0.15) is 6.04 Å². The van der Waals surface area contributed by atoms with Gasteiger partial charge in [-0.1, -0.05) is 48.5 Å². The monoisotopic (exact) mass is 338 g/mol. The van der Waals surface area contributed by atoms with Crippen LogP contribution in [-0.2, 0) is 22.4 Å². The number of hydrogen-bond acceptors (Lipinski definition) is 3. The summed E-state index contributed by atoms with van der Waals surface area (Å²) in [6.07, 6.45) is 2.27. The van der Waals surface area contributed by atoms with Crippen LogP contribution in [0.1, 0.15) is 17.5 Å². The van der Waals surface area contributed by atoms with Crippen molar-refractivity contribution in [3.05, 3.63) is 65.7 Å². The van der Waals surface area contributed by atoms with Crippen LogP contribution in [0.2, 0.25) is 0 Å². The van der Waals surface area contributed by atoms with Gasteiger partial charge in [-0.2, -0.15) is 0 Å². The molecule has 1 aliphatic rings. The Bertz CT molecular complexity index is 746. The normalized spacial score (nSPS) is 14.4. The Balaban J connectivity index is 1.76. The Labute approximate surface area is 147 Å². The van der Waals surface area contributed by atoms with E-state index in [-0.39, 0.29) is 6.03 Å². The van der Waals surface area contributed by atoms with E-state index in [1.165, 1.54) is 7.11 Å². The summed E-state index contributed by atoms with van der Waals surface area (Å²) < 4.78 is 4.87. The molecule has 0 unspecified atom stereocenters. The number of amides is 2. The largest absolute Gasteiger partial charge is 0.467 e. The maximum absolute atomic E-state index is 12.8. The molecule has 1 aliphatic heterocycles. The van der Waals surface area contributed by atoms with Crippen LogP contribution >= 0.6 is 0 Å². The highest BCUT2D eigenvalue weighted by molar-refractivity contribution is 5.95. The lowest BCUT2D eigenvalue weighted by Crippen LogP contribution is -2.50. The maximum Gasteiger partial charge on any atom is 0.328 e. The number of carbonyl (C=O) groups is 2. The van der Waals surface area contributed by atoms with Crippen molar-refractivity contribution in [2.75, 3.05) is 18.6 Å². The molecule has 1 N–H and O–H groups in total. The van der Waals surface area contributed by atoms with Gasteiger partial charge in [0, 0.05) is 18.7 Å². The minimum atomic E-state index is -0.714. The smallest absolute Gasteiger partial charge is 0.328 e. The molecular weight excluding hydrogens is 316 g/mol. The van der Waals surface area contributed by atoms with Gasteiger partial charge in [-0.3, -0.25) is 4.90 Å². The van der Waals surface area contributed by atoms with E-state index in [2.05, 4.69) is 5.32 Å². The van der Waals surface area contributed by atoms with Gasteiger partial charge in [-0.15, -0.1) is 0 Å². The summed E-state index contributed by atoms with van der Waals surface area (Å²) in [5.41, 5.74) is 3.04. The van der Waals surface area contributed by atoms with Crippen LogP contribution < -0.4 is 10.2 Å². The van der Waals surface area contributed by atoms with Crippen molar-refractivity contribution in [1.29, 1.82) is 0 Å². The number of rotatable bonds is 4. The molecule has 0 saturated heterocycles. The van der Waals surface area contributed by atoms with Crippen LogP contribution in [0.15, 0.2) is 54.6 Å². The zero-order chi connectivity index (χ0) is 17.6. The molecule has 25 heavy (non-hydrogen) atoms. The zero-order valence-corrected chi connectivity index (χ0v) is 14.3. The summed E-state index contributed by atoms with van der Waals surface area (Å²) in [6.45, 7) is 0.641. The lowest BCUT2D eigenvalue weighted by Gasteiger charge is -2.30. The predicted molar refractivity (Wildman–Crippen MR) is 96.6 cm³/mol. The molecule has 0 spiro atoms. The highest BCUT2D eigenvalue weighted by Crippen LogP contribution is 2.26. The lowest BCUT2D eigenvalue weighted by molar-refractivity contribution is -0.142. The lowest BCUT2D eigenvalue weighted by atomic mass is 10.0. The Morgan fingerprint density at radius 2 is 1.84 bits per heavy atom. The van der Waals surface area contributed by atoms with Gasteiger partial charge in [0.2, 0.25) is 0 Å². The number of hydrogen-bond donors (Lipinski definition) is 1. The molecule has 0 aromatic heterocycles. The van der Waals surface area contributed by atoms with Crippen molar-refractivity contribution in [2.45, 2.75) is 25.3 Å². The summed E-state index contributed by atoms with van der Waals surface area (Å²) in [4.78, 5) is 26.6. The van der Waals surface area contributed by atoms with Gasteiger partial charge in [-0.05, 0) is 30.0 Å². The first-order chi connectivity index (χ1) is 12.2. The Morgan fingerprint density at radius 3 is 2.60 bits per heavy atom. The van der Waals surface area contributed by atoms with Gasteiger partial charge in [-0.25, -0.2) is 9.59 Å². The third kappa shape index (κ3) is 3.99. The van der Waals surface area contributed by atoms with Crippen molar-refractivity contribution in [1.82, 2.24) is 5.32 Å². The number of nitrogens with one attached hydrogen (secondary N) is 1. The first kappa shape index (κ1) is 17.0. The highest BCUT2D eigenvalue weighted by atomic mass is 16.5. The quantitative estimate of drug-likeness (QED) is 0.872. The fourth-order valence-electron chi connectivity index (χ4n) is 3.16. The van der Waals surface area contributed by atoms with E-state index in [9.17, 15) is 9.59 Å². The van der Waals surface area contributed by atoms with Crippen LogP contribution in [-0.4, -0.2) is 31.7 Å². The minimum absolute atomic E-state index is 0.265. The van der Waals surface area contributed by atoms with E-state index in [1.54, 1.807) is 4.90 Å². The van der Waals surface area contributed by atoms with E-state index in [0.29, 0.717) is 13.0 Å². The number of methoxy groups -OCH3 is 1. The van der Waals surface area contributed by atoms with Crippen molar-refractivity contribution in [2.24, 2.45) is 0 Å². The minimum Gasteiger partial charge on any atom is -0.467 e. The average molecular weight is 338 g/mol. The number of urea groups is 1. The molecule has 2 aromatic carbocycles. The van der Waals surface area contributed by atoms with Crippen molar-refractivity contribution >= 4 is 17.7 Å². The molecule has 0 fully saturated rings. The van der Waals surface area contributed by atoms with E-state index >= 15 is 0 Å². The highest BCUT2D eigenvalue weighted by Gasteiger charge is 2.27. The third-order valence-electron chi connectivity index (χ3n) is 4.42. The van der Waals surface area contributed by atoms with E-state index in [1.807, 2.05) is 54.6 Å². The predicted octanol–water partition coefficient (Wildman–Crippen LogP) is 2.93. The molecular formula is C20H22N2O3. The summed E-state index contributed by atoms with van der Waals surface area (Å²) in [5.74, 6) is -0.442. The van der Waals surface area contributed by atoms with E-state index in [4.69, 9.17) is 4.74 Å². The van der Waals surface area contributed by atoms with Crippen LogP contribution in [0.25, 0.3) is 0 Å². The fourth-order valence-corrected chi connectivity index (χ4v) is 3.16. The Hall–Kier alpha value is -2.82. The molecule has 0 radical (unpaired) electrons. The summed E-state index contributed by atoms with van der Waals surface area (Å²) in [5, 5.41) is 2.84. The molecule has 3 rings (SSSR count). The average Bonchev–Trinajstić information content (AvgIpc) is 2.67. The molecule has 1 heterocycles. The Morgan fingerprint density at radius 1 is 1.12 bits per heavy atom. The summed E-state index contributed by atoms with van der Waals surface area (Å²) in [6, 6.07) is 16.5. The van der Waals surface area contributed by atoms with Crippen LogP contribution in [0, 0.1) is 0 Å². The number of carbonyl (C=O) groups excluding carboxylic acids is 2. The number of aryl methyl sites for hydroxylation is 1. The van der Waals surface area contributed by atoms with Gasteiger partial charge >= 0.3 is 12.0 Å². The topological polar surface area (TPSA) is 58.6 Å². The van der Waals surface area contributed by atoms with Crippen LogP contribution in [0.3, 0.4) is 0 Å². The maximum atomic E-state index is 12.8. The second-order valence-electron chi connectivity index (χ2n) is 6.10. The van der Waals surface area contributed by atoms with E-state index in [0.717, 1.165) is 29.7 Å². The van der Waals surface area contributed by atoms with Gasteiger partial charge in [0.05, 0.1) is 7.11 Å². The first-order valence-electron chi connectivity index (χ1n) is 8.46. The van der Waals surface area contributed by atoms with Crippen LogP contribution in [0.5, 0.6) is 0 Å². The number of nitrogens with zero attached hydrogens (tertiary/aromatic N) is 1. The molecule has 5 heteroatoms. The molecule has 0 saturated carbocycles. The number of fused-ring (bicyclic) bond motifs is 1. The van der Waals surface area contributed by atoms with Crippen molar-refractivity contribution in [3.63, 3.8) is 0 Å². The van der Waals surface area contributed by atoms with Gasteiger partial charge < -0.3 is 10.1 Å². The van der Waals surface area contributed by atoms with E-state index < -0.39 is 12.0 Å². The second kappa shape index (κ2) is 7.83. The first-order valence-corrected chi connectivity index (χ1v) is 8.46. The number of benzene rings is 2. The molecule has 2 aromatic rings. The molecule has 0 bridgehead atoms. The number of esters is 1. The van der Waals surface area contributed by atoms with Crippen molar-refractivity contribution in [3.8, 4) is 0 Å².